The Hall–Kier alpha value is -2.50. The molecule has 2 atom stereocenters. The fourth-order valence-corrected chi connectivity index (χ4v) is 6.36. The van der Waals surface area contributed by atoms with Crippen molar-refractivity contribution >= 4 is 25.3 Å². The lowest BCUT2D eigenvalue weighted by Crippen LogP contribution is -2.58. The van der Waals surface area contributed by atoms with Gasteiger partial charge in [0.15, 0.2) is 0 Å². The molecule has 0 saturated carbocycles. The van der Waals surface area contributed by atoms with Gasteiger partial charge >= 0.3 is 0 Å². The largest absolute Gasteiger partial charge is 0.367 e. The van der Waals surface area contributed by atoms with E-state index in [1.165, 1.54) is 25.9 Å². The van der Waals surface area contributed by atoms with Gasteiger partial charge < -0.3 is 9.80 Å². The van der Waals surface area contributed by atoms with E-state index in [1.807, 2.05) is 29.5 Å². The van der Waals surface area contributed by atoms with Crippen molar-refractivity contribution in [1.29, 1.82) is 0 Å². The summed E-state index contributed by atoms with van der Waals surface area (Å²) in [7, 11) is 0.478. The molecule has 1 amide bonds. The Kier molecular flexibility index (Phi) is 4.51. The highest BCUT2D eigenvalue weighted by Gasteiger charge is 2.36. The van der Waals surface area contributed by atoms with Gasteiger partial charge in [0.1, 0.15) is 0 Å². The molecule has 0 radical (unpaired) electrons. The summed E-state index contributed by atoms with van der Waals surface area (Å²) in [6.07, 6.45) is 12.8. The molecule has 2 aromatic heterocycles. The molecular weight excluding hydrogens is 407 g/mol. The third-order valence-electron chi connectivity index (χ3n) is 6.77. The minimum absolute atomic E-state index is 0.0419. The third kappa shape index (κ3) is 3.31. The first-order chi connectivity index (χ1) is 15.0. The molecule has 4 aliphatic heterocycles. The zero-order valence-electron chi connectivity index (χ0n) is 18.0. The van der Waals surface area contributed by atoms with Crippen molar-refractivity contribution in [2.24, 2.45) is 0 Å². The Labute approximate surface area is 183 Å². The van der Waals surface area contributed by atoms with Crippen LogP contribution in [0.2, 0.25) is 0 Å². The quantitative estimate of drug-likeness (QED) is 0.696. The SMILES string of the molecule is Cc1cn2nc(C3=CC(=O)N4C=C(N5CC(N6CCCC6)C5)C=CC4P3)cc2c(C)n1. The molecule has 0 aliphatic carbocycles. The number of amides is 1. The lowest BCUT2D eigenvalue weighted by molar-refractivity contribution is -0.123. The van der Waals surface area contributed by atoms with Crippen molar-refractivity contribution in [1.82, 2.24) is 29.3 Å². The number of hydrogen-bond donors (Lipinski definition) is 0. The van der Waals surface area contributed by atoms with Gasteiger partial charge in [-0.3, -0.25) is 14.7 Å². The Morgan fingerprint density at radius 2 is 1.97 bits per heavy atom. The van der Waals surface area contributed by atoms with E-state index in [9.17, 15) is 4.79 Å². The van der Waals surface area contributed by atoms with Crippen LogP contribution in [0.5, 0.6) is 0 Å². The lowest BCUT2D eigenvalue weighted by atomic mass is 10.1. The maximum Gasteiger partial charge on any atom is 0.252 e. The first-order valence-corrected chi connectivity index (χ1v) is 12.2. The number of aryl methyl sites for hydroxylation is 2. The molecule has 160 valence electrons. The molecule has 2 unspecified atom stereocenters. The van der Waals surface area contributed by atoms with Crippen molar-refractivity contribution in [3.63, 3.8) is 0 Å². The van der Waals surface area contributed by atoms with Crippen molar-refractivity contribution in [3.8, 4) is 0 Å². The fourth-order valence-electron chi connectivity index (χ4n) is 5.03. The molecule has 0 aromatic carbocycles. The summed E-state index contributed by atoms with van der Waals surface area (Å²) in [6.45, 7) is 8.60. The summed E-state index contributed by atoms with van der Waals surface area (Å²) < 4.78 is 1.88. The van der Waals surface area contributed by atoms with Gasteiger partial charge in [-0.15, -0.1) is 0 Å². The predicted octanol–water partition coefficient (Wildman–Crippen LogP) is 2.73. The zero-order chi connectivity index (χ0) is 21.1. The maximum atomic E-state index is 13.0. The van der Waals surface area contributed by atoms with Gasteiger partial charge in [-0.25, -0.2) is 4.52 Å². The number of hydrogen-bond acceptors (Lipinski definition) is 5. The molecule has 7 nitrogen and oxygen atoms in total. The monoisotopic (exact) mass is 434 g/mol. The number of likely N-dealkylation sites (tertiary alicyclic amines) is 2. The van der Waals surface area contributed by atoms with E-state index in [-0.39, 0.29) is 11.7 Å². The van der Waals surface area contributed by atoms with Crippen molar-refractivity contribution in [2.45, 2.75) is 38.5 Å². The van der Waals surface area contributed by atoms with Gasteiger partial charge in [-0.05, 0) is 51.9 Å². The third-order valence-corrected chi connectivity index (χ3v) is 8.24. The summed E-state index contributed by atoms with van der Waals surface area (Å²) >= 11 is 0. The number of carbonyl (C=O) groups is 1. The van der Waals surface area contributed by atoms with Crippen molar-refractivity contribution in [2.75, 3.05) is 26.2 Å². The first kappa shape index (κ1) is 19.2. The van der Waals surface area contributed by atoms with Crippen LogP contribution in [0.3, 0.4) is 0 Å². The van der Waals surface area contributed by atoms with Crippen LogP contribution in [0.1, 0.15) is 29.9 Å². The Morgan fingerprint density at radius 3 is 2.77 bits per heavy atom. The molecule has 0 spiro atoms. The summed E-state index contributed by atoms with van der Waals surface area (Å²) in [5, 5.41) is 5.75. The Balaban J connectivity index is 1.20. The van der Waals surface area contributed by atoms with Gasteiger partial charge in [0, 0.05) is 36.7 Å². The Bertz CT molecular complexity index is 1150. The van der Waals surface area contributed by atoms with Crippen LogP contribution in [-0.2, 0) is 4.79 Å². The highest BCUT2D eigenvalue weighted by atomic mass is 31.1. The number of fused-ring (bicyclic) bond motifs is 2. The number of nitrogens with zero attached hydrogens (tertiary/aromatic N) is 6. The smallest absolute Gasteiger partial charge is 0.252 e. The molecular formula is C23H27N6OP. The Morgan fingerprint density at radius 1 is 1.16 bits per heavy atom. The van der Waals surface area contributed by atoms with Gasteiger partial charge in [0.05, 0.1) is 40.3 Å². The van der Waals surface area contributed by atoms with E-state index >= 15 is 0 Å². The molecule has 4 aliphatic rings. The van der Waals surface area contributed by atoms with Gasteiger partial charge in [-0.2, -0.15) is 5.10 Å². The van der Waals surface area contributed by atoms with Crippen LogP contribution in [0.15, 0.2) is 42.4 Å². The van der Waals surface area contributed by atoms with Gasteiger partial charge in [0.25, 0.3) is 5.91 Å². The highest BCUT2D eigenvalue weighted by molar-refractivity contribution is 7.51. The van der Waals surface area contributed by atoms with E-state index in [0.29, 0.717) is 14.6 Å². The number of allylic oxidation sites excluding steroid dienone is 1. The minimum atomic E-state index is 0.0419. The lowest BCUT2D eigenvalue weighted by Gasteiger charge is -2.47. The molecule has 6 rings (SSSR count). The topological polar surface area (TPSA) is 57.0 Å². The maximum absolute atomic E-state index is 13.0. The fraction of sp³-hybridized carbons (Fsp3) is 0.435. The van der Waals surface area contributed by atoms with E-state index < -0.39 is 0 Å². The number of carbonyl (C=O) groups excluding carboxylic acids is 1. The second-order valence-corrected chi connectivity index (χ2v) is 10.4. The van der Waals surface area contributed by atoms with Crippen molar-refractivity contribution < 1.29 is 4.79 Å². The average molecular weight is 434 g/mol. The molecule has 31 heavy (non-hydrogen) atoms. The highest BCUT2D eigenvalue weighted by Crippen LogP contribution is 2.44. The summed E-state index contributed by atoms with van der Waals surface area (Å²) in [4.78, 5) is 24.4. The van der Waals surface area contributed by atoms with Crippen molar-refractivity contribution in [3.05, 3.63) is 59.5 Å². The van der Waals surface area contributed by atoms with Gasteiger partial charge in [-0.1, -0.05) is 14.7 Å². The first-order valence-electron chi connectivity index (χ1n) is 11.1. The molecule has 0 bridgehead atoms. The summed E-state index contributed by atoms with van der Waals surface area (Å²) in [5.41, 5.74) is 4.92. The van der Waals surface area contributed by atoms with E-state index in [0.717, 1.165) is 46.7 Å². The number of aromatic nitrogens is 3. The van der Waals surface area contributed by atoms with E-state index in [1.54, 1.807) is 6.08 Å². The normalized spacial score (nSPS) is 25.2. The molecule has 2 aromatic rings. The second-order valence-electron chi connectivity index (χ2n) is 8.93. The summed E-state index contributed by atoms with van der Waals surface area (Å²) in [5.74, 6) is 0.123. The zero-order valence-corrected chi connectivity index (χ0v) is 19.0. The molecule has 0 N–H and O–H groups in total. The van der Waals surface area contributed by atoms with Crippen LogP contribution in [0.4, 0.5) is 0 Å². The van der Waals surface area contributed by atoms with Crippen LogP contribution in [-0.4, -0.2) is 73.2 Å². The summed E-state index contributed by atoms with van der Waals surface area (Å²) in [6, 6.07) is 2.73. The van der Waals surface area contributed by atoms with Gasteiger partial charge in [0.2, 0.25) is 0 Å². The molecule has 2 fully saturated rings. The van der Waals surface area contributed by atoms with Crippen LogP contribution in [0.25, 0.3) is 10.8 Å². The minimum Gasteiger partial charge on any atom is -0.367 e. The van der Waals surface area contributed by atoms with Crippen LogP contribution in [0, 0.1) is 13.8 Å². The standard InChI is InChI=1S/C23H27N6OP/c1-15-11-29-20(16(2)24-15)9-19(25-29)21-10-22(30)28-14-17(5-6-23(28)31-21)27-12-18(13-27)26-7-3-4-8-26/h5-6,9-11,14,18,23,31H,3-4,7-8,12-13H2,1-2H3. The van der Waals surface area contributed by atoms with E-state index in [4.69, 9.17) is 5.10 Å². The second kappa shape index (κ2) is 7.28. The molecule has 2 saturated heterocycles. The molecule has 8 heteroatoms. The molecule has 6 heterocycles. The van der Waals surface area contributed by atoms with Crippen LogP contribution < -0.4 is 0 Å². The predicted molar refractivity (Wildman–Crippen MR) is 123 cm³/mol. The van der Waals surface area contributed by atoms with E-state index in [2.05, 4.69) is 39.2 Å². The number of rotatable bonds is 3. The average Bonchev–Trinajstić information content (AvgIpc) is 3.37. The van der Waals surface area contributed by atoms with Crippen LogP contribution >= 0.6 is 8.58 Å².